The van der Waals surface area contributed by atoms with Crippen LogP contribution in [0.3, 0.4) is 0 Å². The lowest BCUT2D eigenvalue weighted by Gasteiger charge is -2.37. The van der Waals surface area contributed by atoms with Crippen LogP contribution >= 0.6 is 0 Å². The largest absolute Gasteiger partial charge is 0.492 e. The van der Waals surface area contributed by atoms with Crippen LogP contribution in [0.4, 0.5) is 23.2 Å². The minimum atomic E-state index is -4.72. The first-order chi connectivity index (χ1) is 15.0. The zero-order chi connectivity index (χ0) is 23.4. The van der Waals surface area contributed by atoms with Gasteiger partial charge in [0.15, 0.2) is 17.7 Å². The predicted octanol–water partition coefficient (Wildman–Crippen LogP) is 3.32. The van der Waals surface area contributed by atoms with E-state index in [0.717, 1.165) is 18.9 Å². The molecule has 1 aromatic carbocycles. The van der Waals surface area contributed by atoms with E-state index in [9.17, 15) is 33.0 Å². The molecule has 1 unspecified atom stereocenters. The Labute approximate surface area is 179 Å². The molecule has 2 heterocycles. The van der Waals surface area contributed by atoms with Gasteiger partial charge < -0.3 is 24.4 Å². The number of fused-ring (bicyclic) bond motifs is 1. The van der Waals surface area contributed by atoms with Gasteiger partial charge in [-0.05, 0) is 37.7 Å². The Bertz CT molecular complexity index is 1120. The Balaban J connectivity index is 1.79. The molecule has 174 valence electrons. The maximum Gasteiger partial charge on any atom is 0.414 e. The van der Waals surface area contributed by atoms with Crippen LogP contribution in [0.2, 0.25) is 0 Å². The number of carboxylic acid groups (broad SMARTS) is 1. The minimum absolute atomic E-state index is 0.00527. The fourth-order valence-electron chi connectivity index (χ4n) is 4.43. The second-order valence-corrected chi connectivity index (χ2v) is 8.26. The molecule has 0 bridgehead atoms. The number of carbonyl (C=O) groups is 1. The smallest absolute Gasteiger partial charge is 0.414 e. The van der Waals surface area contributed by atoms with Crippen molar-refractivity contribution in [3.8, 4) is 5.75 Å². The van der Waals surface area contributed by atoms with Crippen LogP contribution in [0.15, 0.2) is 17.1 Å². The van der Waals surface area contributed by atoms with Gasteiger partial charge in [-0.1, -0.05) is 0 Å². The summed E-state index contributed by atoms with van der Waals surface area (Å²) in [5, 5.41) is 18.8. The van der Waals surface area contributed by atoms with Crippen LogP contribution in [-0.2, 0) is 0 Å². The molecule has 1 saturated carbocycles. The molecule has 0 spiro atoms. The highest BCUT2D eigenvalue weighted by atomic mass is 19.4. The number of rotatable bonds is 5. The molecule has 32 heavy (non-hydrogen) atoms. The van der Waals surface area contributed by atoms with Crippen molar-refractivity contribution in [2.24, 2.45) is 5.92 Å². The maximum absolute atomic E-state index is 15.2. The van der Waals surface area contributed by atoms with Crippen LogP contribution in [0.5, 0.6) is 5.75 Å². The fourth-order valence-corrected chi connectivity index (χ4v) is 4.43. The van der Waals surface area contributed by atoms with Crippen molar-refractivity contribution < 1.29 is 37.3 Å². The number of aliphatic hydroxyl groups excluding tert-OH is 1. The normalized spacial score (nSPS) is 18.8. The lowest BCUT2D eigenvalue weighted by Crippen LogP contribution is -2.43. The Morgan fingerprint density at radius 2 is 1.84 bits per heavy atom. The number of hydrogen-bond donors (Lipinski definition) is 2. The van der Waals surface area contributed by atoms with Gasteiger partial charge in [-0.2, -0.15) is 13.2 Å². The molecule has 1 aliphatic heterocycles. The minimum Gasteiger partial charge on any atom is -0.492 e. The third-order valence-electron chi connectivity index (χ3n) is 6.21. The Hall–Kier alpha value is -2.82. The number of pyridine rings is 1. The second kappa shape index (κ2) is 7.95. The first kappa shape index (κ1) is 22.4. The van der Waals surface area contributed by atoms with Gasteiger partial charge in [-0.3, -0.25) is 4.79 Å². The van der Waals surface area contributed by atoms with Crippen molar-refractivity contribution >= 4 is 22.6 Å². The molecule has 1 saturated heterocycles. The first-order valence-corrected chi connectivity index (χ1v) is 10.2. The first-order valence-electron chi connectivity index (χ1n) is 10.2. The van der Waals surface area contributed by atoms with Crippen LogP contribution < -0.4 is 15.1 Å². The standard InChI is InChI=1S/C21H22F4N2O5/c1-32-18-15-12(17(28)13(20(30)31)9-27(15)11-2-3-11)8-14(22)16(18)26-6-4-10(5-7-26)19(29)21(23,24)25/h8-11,19,29H,2-7H2,1H3,(H,30,31). The van der Waals surface area contributed by atoms with Gasteiger partial charge >= 0.3 is 12.1 Å². The van der Waals surface area contributed by atoms with Crippen LogP contribution in [0.25, 0.3) is 10.9 Å². The van der Waals surface area contributed by atoms with E-state index in [0.29, 0.717) is 0 Å². The molecule has 7 nitrogen and oxygen atoms in total. The third kappa shape index (κ3) is 3.78. The number of halogens is 4. The molecular weight excluding hydrogens is 436 g/mol. The number of anilines is 1. The van der Waals surface area contributed by atoms with Crippen molar-refractivity contribution in [2.45, 2.75) is 44.0 Å². The number of benzene rings is 1. The van der Waals surface area contributed by atoms with Crippen molar-refractivity contribution in [3.63, 3.8) is 0 Å². The fraction of sp³-hybridized carbons (Fsp3) is 0.524. The number of ether oxygens (including phenoxy) is 1. The lowest BCUT2D eigenvalue weighted by atomic mass is 9.90. The number of hydrogen-bond acceptors (Lipinski definition) is 5. The molecule has 4 rings (SSSR count). The van der Waals surface area contributed by atoms with Gasteiger partial charge in [0.2, 0.25) is 5.43 Å². The second-order valence-electron chi connectivity index (χ2n) is 8.26. The van der Waals surface area contributed by atoms with Gasteiger partial charge in [-0.25, -0.2) is 9.18 Å². The highest BCUT2D eigenvalue weighted by Crippen LogP contribution is 2.44. The number of aromatic nitrogens is 1. The number of aromatic carboxylic acids is 1. The quantitative estimate of drug-likeness (QED) is 0.668. The van der Waals surface area contributed by atoms with Crippen molar-refractivity contribution in [1.29, 1.82) is 0 Å². The summed E-state index contributed by atoms with van der Waals surface area (Å²) >= 11 is 0. The van der Waals surface area contributed by atoms with E-state index in [2.05, 4.69) is 0 Å². The van der Waals surface area contributed by atoms with Crippen LogP contribution in [0.1, 0.15) is 42.1 Å². The molecule has 2 N–H and O–H groups in total. The molecule has 2 aliphatic rings. The molecule has 1 aliphatic carbocycles. The molecular formula is C21H22F4N2O5. The van der Waals surface area contributed by atoms with Crippen molar-refractivity contribution in [3.05, 3.63) is 33.9 Å². The Morgan fingerprint density at radius 3 is 2.34 bits per heavy atom. The zero-order valence-corrected chi connectivity index (χ0v) is 17.2. The van der Waals surface area contributed by atoms with Gasteiger partial charge in [-0.15, -0.1) is 0 Å². The average Bonchev–Trinajstić information content (AvgIpc) is 3.57. The van der Waals surface area contributed by atoms with E-state index in [-0.39, 0.29) is 54.3 Å². The Morgan fingerprint density at radius 1 is 1.22 bits per heavy atom. The topological polar surface area (TPSA) is 92.0 Å². The zero-order valence-electron chi connectivity index (χ0n) is 17.2. The van der Waals surface area contributed by atoms with Crippen molar-refractivity contribution in [1.82, 2.24) is 4.57 Å². The van der Waals surface area contributed by atoms with Gasteiger partial charge in [0.1, 0.15) is 11.3 Å². The van der Waals surface area contributed by atoms with E-state index in [1.54, 1.807) is 9.47 Å². The highest BCUT2D eigenvalue weighted by Gasteiger charge is 2.44. The summed E-state index contributed by atoms with van der Waals surface area (Å²) in [5.41, 5.74) is -1.03. The molecule has 2 aromatic rings. The number of nitrogens with zero attached hydrogens (tertiary/aromatic N) is 2. The molecule has 1 atom stereocenters. The van der Waals surface area contributed by atoms with E-state index >= 15 is 4.39 Å². The molecule has 2 fully saturated rings. The summed E-state index contributed by atoms with van der Waals surface area (Å²) in [7, 11) is 1.30. The molecule has 11 heteroatoms. The Kier molecular flexibility index (Phi) is 5.56. The number of carboxylic acids is 1. The van der Waals surface area contributed by atoms with E-state index in [1.165, 1.54) is 13.3 Å². The highest BCUT2D eigenvalue weighted by molar-refractivity contribution is 5.97. The summed E-state index contributed by atoms with van der Waals surface area (Å²) < 4.78 is 60.8. The van der Waals surface area contributed by atoms with Gasteiger partial charge in [0.05, 0.1) is 18.0 Å². The summed E-state index contributed by atoms with van der Waals surface area (Å²) in [5.74, 6) is -3.20. The summed E-state index contributed by atoms with van der Waals surface area (Å²) in [4.78, 5) is 25.8. The summed E-state index contributed by atoms with van der Waals surface area (Å²) in [6.07, 6.45) is -4.42. The maximum atomic E-state index is 15.2. The monoisotopic (exact) mass is 458 g/mol. The van der Waals surface area contributed by atoms with Crippen molar-refractivity contribution in [2.75, 3.05) is 25.1 Å². The number of piperidine rings is 1. The van der Waals surface area contributed by atoms with Gasteiger partial charge in [0.25, 0.3) is 0 Å². The third-order valence-corrected chi connectivity index (χ3v) is 6.21. The molecule has 1 aromatic heterocycles. The SMILES string of the molecule is COc1c(N2CCC(C(O)C(F)(F)F)CC2)c(F)cc2c(=O)c(C(=O)O)cn(C3CC3)c12. The number of alkyl halides is 3. The predicted molar refractivity (Wildman–Crippen MR) is 107 cm³/mol. The number of aliphatic hydroxyl groups is 1. The van der Waals surface area contributed by atoms with Gasteiger partial charge in [0, 0.05) is 25.3 Å². The van der Waals surface area contributed by atoms with Crippen LogP contribution in [-0.4, -0.2) is 53.2 Å². The number of methoxy groups -OCH3 is 1. The van der Waals surface area contributed by atoms with E-state index in [4.69, 9.17) is 4.74 Å². The summed E-state index contributed by atoms with van der Waals surface area (Å²) in [6, 6.07) is 0.911. The molecule has 0 amide bonds. The van der Waals surface area contributed by atoms with Crippen LogP contribution in [0, 0.1) is 11.7 Å². The average molecular weight is 458 g/mol. The van der Waals surface area contributed by atoms with E-state index in [1.807, 2.05) is 0 Å². The lowest BCUT2D eigenvalue weighted by molar-refractivity contribution is -0.221. The van der Waals surface area contributed by atoms with E-state index < -0.39 is 41.0 Å². The summed E-state index contributed by atoms with van der Waals surface area (Å²) in [6.45, 7) is 0.106. The molecule has 0 radical (unpaired) electrons.